The molecular weight excluding hydrogens is 152 g/mol. The zero-order valence-electron chi connectivity index (χ0n) is 7.81. The van der Waals surface area contributed by atoms with Crippen LogP contribution in [0, 0.1) is 0 Å². The Morgan fingerprint density at radius 2 is 1.82 bits per heavy atom. The van der Waals surface area contributed by atoms with Gasteiger partial charge in [0.15, 0.2) is 9.76 Å². The molecule has 1 fully saturated rings. The molecule has 1 aliphatic rings. The van der Waals surface area contributed by atoms with Gasteiger partial charge in [-0.1, -0.05) is 32.1 Å². The third-order valence-corrected chi connectivity index (χ3v) is 4.54. The summed E-state index contributed by atoms with van der Waals surface area (Å²) < 4.78 is 5.72. The number of rotatable bonds is 3. The fraction of sp³-hybridized carbons (Fsp3) is 1.00. The summed E-state index contributed by atoms with van der Waals surface area (Å²) >= 11 is 0. The van der Waals surface area contributed by atoms with Gasteiger partial charge in [-0.05, 0) is 19.4 Å². The van der Waals surface area contributed by atoms with Crippen molar-refractivity contribution in [3.05, 3.63) is 0 Å². The van der Waals surface area contributed by atoms with Crippen LogP contribution in [-0.2, 0) is 4.43 Å². The lowest BCUT2D eigenvalue weighted by molar-refractivity contribution is 0.245. The van der Waals surface area contributed by atoms with Gasteiger partial charge in [-0.15, -0.1) is 0 Å². The molecule has 1 rings (SSSR count). The summed E-state index contributed by atoms with van der Waals surface area (Å²) in [7, 11) is -0.182. The molecule has 0 spiro atoms. The minimum absolute atomic E-state index is 0.182. The Hall–Kier alpha value is 0.177. The van der Waals surface area contributed by atoms with Crippen LogP contribution in [0.1, 0.15) is 46.0 Å². The molecule has 11 heavy (non-hydrogen) atoms. The molecule has 66 valence electrons. The summed E-state index contributed by atoms with van der Waals surface area (Å²) in [6.07, 6.45) is 7.77. The molecule has 0 aromatic rings. The van der Waals surface area contributed by atoms with Crippen LogP contribution in [0.15, 0.2) is 0 Å². The van der Waals surface area contributed by atoms with Crippen molar-refractivity contribution in [3.8, 4) is 0 Å². The molecule has 0 aliphatic heterocycles. The maximum Gasteiger partial charge on any atom is 0.164 e. The van der Waals surface area contributed by atoms with Crippen molar-refractivity contribution in [1.82, 2.24) is 0 Å². The SMILES string of the molecule is CC(C)O[SiH2]C1CCCCC1. The first-order valence-electron chi connectivity index (χ1n) is 4.90. The third kappa shape index (κ3) is 3.92. The molecule has 0 N–H and O–H groups in total. The molecular formula is C9H20OSi. The predicted octanol–water partition coefficient (Wildman–Crippen LogP) is 2.25. The molecule has 1 aliphatic carbocycles. The standard InChI is InChI=1S/C9H20OSi/c1-8(2)10-11-9-6-4-3-5-7-9/h8-9H,3-7,11H2,1-2H3. The smallest absolute Gasteiger partial charge is 0.164 e. The van der Waals surface area contributed by atoms with Crippen LogP contribution in [0.4, 0.5) is 0 Å². The maximum atomic E-state index is 5.72. The number of hydrogen-bond acceptors (Lipinski definition) is 1. The zero-order valence-corrected chi connectivity index (χ0v) is 9.22. The first-order valence-corrected chi connectivity index (χ1v) is 6.30. The van der Waals surface area contributed by atoms with Gasteiger partial charge in [-0.25, -0.2) is 0 Å². The Morgan fingerprint density at radius 1 is 1.18 bits per heavy atom. The van der Waals surface area contributed by atoms with E-state index in [-0.39, 0.29) is 9.76 Å². The van der Waals surface area contributed by atoms with E-state index >= 15 is 0 Å². The summed E-state index contributed by atoms with van der Waals surface area (Å²) in [6.45, 7) is 4.30. The third-order valence-electron chi connectivity index (χ3n) is 2.39. The lowest BCUT2D eigenvalue weighted by atomic mass is 10.0. The first-order chi connectivity index (χ1) is 5.29. The Labute approximate surface area is 72.5 Å². The van der Waals surface area contributed by atoms with E-state index in [4.69, 9.17) is 4.43 Å². The highest BCUT2D eigenvalue weighted by atomic mass is 28.2. The van der Waals surface area contributed by atoms with Crippen LogP contribution < -0.4 is 0 Å². The van der Waals surface area contributed by atoms with Crippen LogP contribution in [0.3, 0.4) is 0 Å². The quantitative estimate of drug-likeness (QED) is 0.593. The second-order valence-corrected chi connectivity index (χ2v) is 5.71. The second kappa shape index (κ2) is 4.94. The molecule has 2 heteroatoms. The van der Waals surface area contributed by atoms with Gasteiger partial charge in [0.1, 0.15) is 0 Å². The molecule has 0 unspecified atom stereocenters. The summed E-state index contributed by atoms with van der Waals surface area (Å²) in [6, 6.07) is 0. The Kier molecular flexibility index (Phi) is 4.16. The second-order valence-electron chi connectivity index (χ2n) is 3.89. The zero-order chi connectivity index (χ0) is 8.10. The minimum Gasteiger partial charge on any atom is -0.421 e. The highest BCUT2D eigenvalue weighted by Crippen LogP contribution is 2.27. The predicted molar refractivity (Wildman–Crippen MR) is 51.6 cm³/mol. The van der Waals surface area contributed by atoms with Gasteiger partial charge < -0.3 is 4.43 Å². The summed E-state index contributed by atoms with van der Waals surface area (Å²) in [5, 5.41) is 0. The van der Waals surface area contributed by atoms with Crippen molar-refractivity contribution >= 4 is 9.76 Å². The molecule has 0 radical (unpaired) electrons. The van der Waals surface area contributed by atoms with E-state index in [2.05, 4.69) is 13.8 Å². The van der Waals surface area contributed by atoms with E-state index in [9.17, 15) is 0 Å². The monoisotopic (exact) mass is 172 g/mol. The Balaban J connectivity index is 2.05. The van der Waals surface area contributed by atoms with Crippen molar-refractivity contribution in [1.29, 1.82) is 0 Å². The minimum atomic E-state index is -0.182. The number of hydrogen-bond donors (Lipinski definition) is 0. The van der Waals surface area contributed by atoms with E-state index in [1.54, 1.807) is 0 Å². The molecule has 0 amide bonds. The van der Waals surface area contributed by atoms with E-state index in [1.807, 2.05) is 0 Å². The summed E-state index contributed by atoms with van der Waals surface area (Å²) in [5.41, 5.74) is 1.01. The van der Waals surface area contributed by atoms with Gasteiger partial charge in [0.2, 0.25) is 0 Å². The van der Waals surface area contributed by atoms with Crippen LogP contribution in [0.5, 0.6) is 0 Å². The Morgan fingerprint density at radius 3 is 2.36 bits per heavy atom. The van der Waals surface area contributed by atoms with E-state index in [1.165, 1.54) is 32.1 Å². The lowest BCUT2D eigenvalue weighted by Crippen LogP contribution is -2.15. The van der Waals surface area contributed by atoms with Crippen LogP contribution >= 0.6 is 0 Å². The maximum absolute atomic E-state index is 5.72. The summed E-state index contributed by atoms with van der Waals surface area (Å²) in [5.74, 6) is 0. The van der Waals surface area contributed by atoms with Crippen LogP contribution in [0.2, 0.25) is 5.54 Å². The highest BCUT2D eigenvalue weighted by Gasteiger charge is 2.14. The van der Waals surface area contributed by atoms with Gasteiger partial charge in [0, 0.05) is 6.10 Å². The van der Waals surface area contributed by atoms with Gasteiger partial charge in [0.05, 0.1) is 0 Å². The van der Waals surface area contributed by atoms with Crippen molar-refractivity contribution in [2.75, 3.05) is 0 Å². The molecule has 0 saturated heterocycles. The van der Waals surface area contributed by atoms with E-state index in [0.717, 1.165) is 5.54 Å². The highest BCUT2D eigenvalue weighted by molar-refractivity contribution is 6.29. The fourth-order valence-corrected chi connectivity index (χ4v) is 3.25. The van der Waals surface area contributed by atoms with Crippen molar-refractivity contribution < 1.29 is 4.43 Å². The van der Waals surface area contributed by atoms with Gasteiger partial charge in [0.25, 0.3) is 0 Å². The summed E-state index contributed by atoms with van der Waals surface area (Å²) in [4.78, 5) is 0. The van der Waals surface area contributed by atoms with Gasteiger partial charge in [-0.2, -0.15) is 0 Å². The van der Waals surface area contributed by atoms with E-state index < -0.39 is 0 Å². The Bertz CT molecular complexity index is 97.7. The van der Waals surface area contributed by atoms with Crippen LogP contribution in [0.25, 0.3) is 0 Å². The molecule has 0 aromatic heterocycles. The van der Waals surface area contributed by atoms with Crippen LogP contribution in [-0.4, -0.2) is 15.9 Å². The molecule has 0 heterocycles. The molecule has 0 atom stereocenters. The molecule has 1 nitrogen and oxygen atoms in total. The van der Waals surface area contributed by atoms with Gasteiger partial charge >= 0.3 is 0 Å². The average molecular weight is 172 g/mol. The topological polar surface area (TPSA) is 9.23 Å². The molecule has 1 saturated carbocycles. The largest absolute Gasteiger partial charge is 0.421 e. The molecule has 0 bridgehead atoms. The normalized spacial score (nSPS) is 22.1. The van der Waals surface area contributed by atoms with E-state index in [0.29, 0.717) is 6.10 Å². The first kappa shape index (κ1) is 9.27. The van der Waals surface area contributed by atoms with Crippen molar-refractivity contribution in [2.45, 2.75) is 57.6 Å². The van der Waals surface area contributed by atoms with Crippen molar-refractivity contribution in [2.24, 2.45) is 0 Å². The average Bonchev–Trinajstić information content (AvgIpc) is 2.03. The van der Waals surface area contributed by atoms with Gasteiger partial charge in [-0.3, -0.25) is 0 Å². The molecule has 0 aromatic carbocycles. The lowest BCUT2D eigenvalue weighted by Gasteiger charge is -2.21. The van der Waals surface area contributed by atoms with Crippen molar-refractivity contribution in [3.63, 3.8) is 0 Å². The fourth-order valence-electron chi connectivity index (χ4n) is 1.68.